The fourth-order valence-electron chi connectivity index (χ4n) is 2.64. The van der Waals surface area contributed by atoms with E-state index in [1.807, 2.05) is 50.2 Å². The molecule has 0 fully saturated rings. The molecular weight excluding hydrogens is 314 g/mol. The van der Waals surface area contributed by atoms with E-state index in [1.165, 1.54) is 0 Å². The van der Waals surface area contributed by atoms with Crippen LogP contribution in [0.2, 0.25) is 0 Å². The van der Waals surface area contributed by atoms with Crippen molar-refractivity contribution in [3.05, 3.63) is 86.2 Å². The largest absolute Gasteiger partial charge is 0.371 e. The highest BCUT2D eigenvalue weighted by atomic mass is 16.2. The van der Waals surface area contributed by atoms with Gasteiger partial charge >= 0.3 is 0 Å². The lowest BCUT2D eigenvalue weighted by Gasteiger charge is -2.29. The molecule has 0 saturated heterocycles. The second-order valence-corrected chi connectivity index (χ2v) is 6.34. The van der Waals surface area contributed by atoms with E-state index in [0.717, 1.165) is 5.56 Å². The predicted molar refractivity (Wildman–Crippen MR) is 98.9 cm³/mol. The van der Waals surface area contributed by atoms with Gasteiger partial charge in [-0.2, -0.15) is 5.26 Å². The predicted octanol–water partition coefficient (Wildman–Crippen LogP) is 3.25. The third kappa shape index (κ3) is 3.15. The van der Waals surface area contributed by atoms with E-state index in [9.17, 15) is 9.59 Å². The first-order chi connectivity index (χ1) is 11.9. The first-order valence-electron chi connectivity index (χ1n) is 7.86. The van der Waals surface area contributed by atoms with Gasteiger partial charge in [0.05, 0.1) is 17.2 Å². The lowest BCUT2D eigenvalue weighted by molar-refractivity contribution is 0.608. The molecule has 0 aliphatic carbocycles. The molecule has 0 heterocycles. The van der Waals surface area contributed by atoms with Gasteiger partial charge in [0.2, 0.25) is 0 Å². The highest BCUT2D eigenvalue weighted by molar-refractivity contribution is 5.79. The molecule has 3 rings (SSSR count). The van der Waals surface area contributed by atoms with E-state index in [0.29, 0.717) is 11.3 Å². The Morgan fingerprint density at radius 2 is 1.48 bits per heavy atom. The molecule has 0 amide bonds. The first-order valence-corrected chi connectivity index (χ1v) is 7.86. The molecule has 124 valence electrons. The number of nitrogens with zero attached hydrogens (tertiary/aromatic N) is 1. The topological polar surface area (TPSA) is 82.0 Å². The van der Waals surface area contributed by atoms with E-state index in [2.05, 4.69) is 10.6 Å². The molecule has 3 aromatic rings. The standard InChI is InChI=1S/C20H17N3O2/c1-20(2,14-6-4-3-5-7-14)23-17-16(18(24)19(17)25)22-15-10-8-13(12-21)9-11-15/h3-11,22-23H,1-2H3. The summed E-state index contributed by atoms with van der Waals surface area (Å²) in [6.45, 7) is 3.90. The van der Waals surface area contributed by atoms with Crippen LogP contribution in [0.3, 0.4) is 0 Å². The van der Waals surface area contributed by atoms with Crippen LogP contribution >= 0.6 is 0 Å². The molecule has 3 aromatic carbocycles. The zero-order valence-electron chi connectivity index (χ0n) is 14.0. The minimum atomic E-state index is -0.546. The Labute approximate surface area is 145 Å². The molecule has 0 radical (unpaired) electrons. The van der Waals surface area contributed by atoms with Gasteiger partial charge in [-0.15, -0.1) is 0 Å². The lowest BCUT2D eigenvalue weighted by Crippen LogP contribution is -2.41. The van der Waals surface area contributed by atoms with E-state index in [1.54, 1.807) is 24.3 Å². The van der Waals surface area contributed by atoms with Crippen molar-refractivity contribution >= 4 is 17.1 Å². The number of nitrogens with one attached hydrogen (secondary N) is 2. The monoisotopic (exact) mass is 331 g/mol. The van der Waals surface area contributed by atoms with E-state index >= 15 is 0 Å². The lowest BCUT2D eigenvalue weighted by atomic mass is 9.93. The van der Waals surface area contributed by atoms with Crippen molar-refractivity contribution in [2.24, 2.45) is 0 Å². The summed E-state index contributed by atoms with van der Waals surface area (Å²) in [5, 5.41) is 15.0. The van der Waals surface area contributed by atoms with Crippen LogP contribution in [0.25, 0.3) is 0 Å². The van der Waals surface area contributed by atoms with Gasteiger partial charge in [0.15, 0.2) is 0 Å². The Balaban J connectivity index is 1.86. The van der Waals surface area contributed by atoms with Gasteiger partial charge in [0, 0.05) is 5.69 Å². The van der Waals surface area contributed by atoms with Crippen molar-refractivity contribution in [2.45, 2.75) is 19.4 Å². The van der Waals surface area contributed by atoms with E-state index < -0.39 is 16.4 Å². The van der Waals surface area contributed by atoms with Gasteiger partial charge in [-0.1, -0.05) is 30.3 Å². The fourth-order valence-corrected chi connectivity index (χ4v) is 2.64. The number of hydrogen-bond donors (Lipinski definition) is 2. The number of nitriles is 1. The van der Waals surface area contributed by atoms with Crippen LogP contribution in [0.4, 0.5) is 17.1 Å². The van der Waals surface area contributed by atoms with Crippen molar-refractivity contribution < 1.29 is 0 Å². The maximum absolute atomic E-state index is 12.0. The third-order valence-electron chi connectivity index (χ3n) is 4.13. The Bertz CT molecular complexity index is 1010. The van der Waals surface area contributed by atoms with E-state index in [-0.39, 0.29) is 11.4 Å². The van der Waals surface area contributed by atoms with Crippen LogP contribution in [0.15, 0.2) is 64.2 Å². The Morgan fingerprint density at radius 1 is 0.880 bits per heavy atom. The first kappa shape index (κ1) is 16.5. The fraction of sp³-hybridized carbons (Fsp3) is 0.150. The molecular formula is C20H17N3O2. The number of benzene rings is 2. The van der Waals surface area contributed by atoms with Crippen molar-refractivity contribution in [3.8, 4) is 6.07 Å². The summed E-state index contributed by atoms with van der Waals surface area (Å²) in [5.41, 5.74) is 1.13. The molecule has 0 aliphatic heterocycles. The van der Waals surface area contributed by atoms with Gasteiger partial charge in [0.1, 0.15) is 11.4 Å². The minimum Gasteiger partial charge on any atom is -0.371 e. The van der Waals surface area contributed by atoms with Crippen LogP contribution in [0, 0.1) is 11.3 Å². The van der Waals surface area contributed by atoms with E-state index in [4.69, 9.17) is 5.26 Å². The van der Waals surface area contributed by atoms with Crippen LogP contribution < -0.4 is 21.5 Å². The number of hydrogen-bond acceptors (Lipinski definition) is 5. The highest BCUT2D eigenvalue weighted by Gasteiger charge is 2.28. The molecule has 0 spiro atoms. The third-order valence-corrected chi connectivity index (χ3v) is 4.13. The molecule has 0 saturated carbocycles. The zero-order valence-corrected chi connectivity index (χ0v) is 14.0. The summed E-state index contributed by atoms with van der Waals surface area (Å²) in [7, 11) is 0. The normalized spacial score (nSPS) is 11.1. The quantitative estimate of drug-likeness (QED) is 0.701. The van der Waals surface area contributed by atoms with Gasteiger partial charge in [0.25, 0.3) is 10.9 Å². The summed E-state index contributed by atoms with van der Waals surface area (Å²) in [4.78, 5) is 24.0. The highest BCUT2D eigenvalue weighted by Crippen LogP contribution is 2.29. The second kappa shape index (κ2) is 6.25. The summed E-state index contributed by atoms with van der Waals surface area (Å²) in [6.07, 6.45) is 0. The Morgan fingerprint density at radius 3 is 2.08 bits per heavy atom. The SMILES string of the molecule is CC(C)(Nc1c(Nc2ccc(C#N)cc2)c(=O)c1=O)c1ccccc1. The molecule has 0 bridgehead atoms. The summed E-state index contributed by atoms with van der Waals surface area (Å²) in [6, 6.07) is 18.4. The van der Waals surface area contributed by atoms with Crippen molar-refractivity contribution in [3.63, 3.8) is 0 Å². The van der Waals surface area contributed by atoms with Gasteiger partial charge < -0.3 is 10.6 Å². The summed E-state index contributed by atoms with van der Waals surface area (Å²) >= 11 is 0. The average Bonchev–Trinajstić information content (AvgIpc) is 2.65. The second-order valence-electron chi connectivity index (χ2n) is 6.34. The Kier molecular flexibility index (Phi) is 4.12. The molecule has 5 nitrogen and oxygen atoms in total. The summed E-state index contributed by atoms with van der Waals surface area (Å²) in [5.74, 6) is 0. The maximum Gasteiger partial charge on any atom is 0.253 e. The summed E-state index contributed by atoms with van der Waals surface area (Å²) < 4.78 is 0. The molecule has 5 heteroatoms. The van der Waals surface area contributed by atoms with Crippen molar-refractivity contribution in [1.29, 1.82) is 5.26 Å². The number of anilines is 3. The molecule has 2 N–H and O–H groups in total. The molecule has 0 unspecified atom stereocenters. The van der Waals surface area contributed by atoms with Crippen LogP contribution in [0.1, 0.15) is 25.0 Å². The van der Waals surface area contributed by atoms with Crippen LogP contribution in [-0.2, 0) is 5.54 Å². The van der Waals surface area contributed by atoms with Gasteiger partial charge in [-0.25, -0.2) is 0 Å². The Hall–Kier alpha value is -3.39. The molecule has 0 aromatic heterocycles. The number of rotatable bonds is 5. The van der Waals surface area contributed by atoms with Crippen molar-refractivity contribution in [2.75, 3.05) is 10.6 Å². The maximum atomic E-state index is 12.0. The average molecular weight is 331 g/mol. The smallest absolute Gasteiger partial charge is 0.253 e. The molecule has 25 heavy (non-hydrogen) atoms. The van der Waals surface area contributed by atoms with Crippen LogP contribution in [0.5, 0.6) is 0 Å². The zero-order chi connectivity index (χ0) is 18.0. The van der Waals surface area contributed by atoms with Gasteiger partial charge in [-0.3, -0.25) is 9.59 Å². The minimum absolute atomic E-state index is 0.249. The molecule has 0 aliphatic rings. The molecule has 0 atom stereocenters. The van der Waals surface area contributed by atoms with Gasteiger partial charge in [-0.05, 0) is 43.7 Å². The van der Waals surface area contributed by atoms with Crippen LogP contribution in [-0.4, -0.2) is 0 Å². The van der Waals surface area contributed by atoms with Crippen molar-refractivity contribution in [1.82, 2.24) is 0 Å².